The zero-order valence-electron chi connectivity index (χ0n) is 11.0. The maximum atomic E-state index is 12.5. The van der Waals surface area contributed by atoms with Gasteiger partial charge in [-0.15, -0.1) is 0 Å². The highest BCUT2D eigenvalue weighted by molar-refractivity contribution is 7.89. The molecule has 106 valence electrons. The number of sulfonamides is 1. The van der Waals surface area contributed by atoms with Crippen LogP contribution in [0.4, 0.5) is 5.82 Å². The molecule has 1 atom stereocenters. The van der Waals surface area contributed by atoms with Crippen molar-refractivity contribution in [1.29, 1.82) is 0 Å². The lowest BCUT2D eigenvalue weighted by Crippen LogP contribution is -2.32. The Bertz CT molecular complexity index is 532. The van der Waals surface area contributed by atoms with E-state index in [1.54, 1.807) is 4.31 Å². The number of anilines is 1. The number of nitrogen functional groups attached to an aromatic ring is 1. The Labute approximate surface area is 114 Å². The predicted octanol–water partition coefficient (Wildman–Crippen LogP) is 1.18. The molecule has 7 heteroatoms. The molecule has 0 spiro atoms. The van der Waals surface area contributed by atoms with E-state index in [-0.39, 0.29) is 4.90 Å². The number of hydrogen-bond donors (Lipinski definition) is 2. The van der Waals surface area contributed by atoms with Crippen LogP contribution in [0.25, 0.3) is 0 Å². The molecule has 1 unspecified atom stereocenters. The van der Waals surface area contributed by atoms with E-state index < -0.39 is 10.0 Å². The van der Waals surface area contributed by atoms with Crippen molar-refractivity contribution in [3.8, 4) is 0 Å². The van der Waals surface area contributed by atoms with E-state index in [1.807, 2.05) is 0 Å². The summed E-state index contributed by atoms with van der Waals surface area (Å²) in [5, 5.41) is 0. The number of pyridine rings is 1. The summed E-state index contributed by atoms with van der Waals surface area (Å²) in [6, 6.07) is 2.97. The minimum absolute atomic E-state index is 0.241. The highest BCUT2D eigenvalue weighted by atomic mass is 32.2. The summed E-state index contributed by atoms with van der Waals surface area (Å²) >= 11 is 0. The maximum absolute atomic E-state index is 12.5. The normalized spacial score (nSPS) is 21.9. The fourth-order valence-electron chi connectivity index (χ4n) is 2.28. The Morgan fingerprint density at radius 3 is 2.95 bits per heavy atom. The van der Waals surface area contributed by atoms with Gasteiger partial charge >= 0.3 is 0 Å². The molecule has 1 aromatic rings. The quantitative estimate of drug-likeness (QED) is 0.642. The average molecular weight is 284 g/mol. The molecule has 2 rings (SSSR count). The van der Waals surface area contributed by atoms with Gasteiger partial charge in [0, 0.05) is 25.4 Å². The van der Waals surface area contributed by atoms with Gasteiger partial charge < -0.3 is 5.43 Å². The van der Waals surface area contributed by atoms with Crippen molar-refractivity contribution in [2.75, 3.05) is 18.5 Å². The first-order chi connectivity index (χ1) is 9.04. The summed E-state index contributed by atoms with van der Waals surface area (Å²) in [5.41, 5.74) is 2.37. The van der Waals surface area contributed by atoms with E-state index in [9.17, 15) is 8.42 Å². The smallest absolute Gasteiger partial charge is 0.243 e. The van der Waals surface area contributed by atoms with Gasteiger partial charge in [-0.1, -0.05) is 6.92 Å². The number of aromatic nitrogens is 1. The number of nitrogens with one attached hydrogen (secondary N) is 1. The van der Waals surface area contributed by atoms with Crippen molar-refractivity contribution in [2.24, 2.45) is 11.8 Å². The molecule has 0 saturated carbocycles. The monoisotopic (exact) mass is 284 g/mol. The second-order valence-electron chi connectivity index (χ2n) is 4.96. The summed E-state index contributed by atoms with van der Waals surface area (Å²) in [7, 11) is -3.44. The van der Waals surface area contributed by atoms with Crippen LogP contribution in [0.5, 0.6) is 0 Å². The third kappa shape index (κ3) is 3.23. The molecule has 1 saturated heterocycles. The number of hydrogen-bond acceptors (Lipinski definition) is 5. The Balaban J connectivity index is 2.25. The molecule has 0 bridgehead atoms. The molecule has 1 aliphatic rings. The van der Waals surface area contributed by atoms with Crippen LogP contribution in [0.3, 0.4) is 0 Å². The zero-order valence-corrected chi connectivity index (χ0v) is 11.9. The van der Waals surface area contributed by atoms with Crippen LogP contribution < -0.4 is 11.3 Å². The molecule has 3 N–H and O–H groups in total. The molecule has 19 heavy (non-hydrogen) atoms. The second kappa shape index (κ2) is 5.85. The third-order valence-corrected chi connectivity index (χ3v) is 5.39. The third-order valence-electron chi connectivity index (χ3n) is 3.49. The largest absolute Gasteiger partial charge is 0.308 e. The molecular weight excluding hydrogens is 264 g/mol. The van der Waals surface area contributed by atoms with Crippen LogP contribution in [0.1, 0.15) is 26.2 Å². The van der Waals surface area contributed by atoms with Crippen molar-refractivity contribution < 1.29 is 8.42 Å². The summed E-state index contributed by atoms with van der Waals surface area (Å²) in [5.74, 6) is 6.20. The van der Waals surface area contributed by atoms with E-state index in [0.29, 0.717) is 24.8 Å². The molecule has 0 radical (unpaired) electrons. The van der Waals surface area contributed by atoms with E-state index in [1.165, 1.54) is 18.3 Å². The van der Waals surface area contributed by atoms with Crippen molar-refractivity contribution in [2.45, 2.75) is 31.1 Å². The first-order valence-corrected chi connectivity index (χ1v) is 7.91. The van der Waals surface area contributed by atoms with Crippen LogP contribution in [0.15, 0.2) is 23.2 Å². The molecule has 1 fully saturated rings. The molecule has 0 aromatic carbocycles. The highest BCUT2D eigenvalue weighted by Gasteiger charge is 2.26. The molecular formula is C12H20N4O2S. The minimum Gasteiger partial charge on any atom is -0.308 e. The average Bonchev–Trinajstić information content (AvgIpc) is 2.64. The van der Waals surface area contributed by atoms with E-state index >= 15 is 0 Å². The number of nitrogens with two attached hydrogens (primary N) is 1. The number of hydrazine groups is 1. The molecule has 1 aliphatic heterocycles. The summed E-state index contributed by atoms with van der Waals surface area (Å²) < 4.78 is 26.7. The lowest BCUT2D eigenvalue weighted by molar-refractivity contribution is 0.416. The second-order valence-corrected chi connectivity index (χ2v) is 6.90. The van der Waals surface area contributed by atoms with Gasteiger partial charge in [-0.05, 0) is 31.2 Å². The first kappa shape index (κ1) is 14.2. The van der Waals surface area contributed by atoms with Gasteiger partial charge in [0.2, 0.25) is 10.0 Å². The molecule has 1 aromatic heterocycles. The highest BCUT2D eigenvalue weighted by Crippen LogP contribution is 2.23. The zero-order chi connectivity index (χ0) is 13.9. The van der Waals surface area contributed by atoms with Crippen molar-refractivity contribution in [3.63, 3.8) is 0 Å². The summed E-state index contributed by atoms with van der Waals surface area (Å²) in [6.45, 7) is 3.33. The lowest BCUT2D eigenvalue weighted by atomic mass is 10.0. The van der Waals surface area contributed by atoms with Crippen LogP contribution >= 0.6 is 0 Å². The van der Waals surface area contributed by atoms with Gasteiger partial charge in [0.1, 0.15) is 5.82 Å². The van der Waals surface area contributed by atoms with Gasteiger partial charge in [-0.25, -0.2) is 19.2 Å². The topological polar surface area (TPSA) is 88.3 Å². The van der Waals surface area contributed by atoms with Gasteiger partial charge in [0.05, 0.1) is 4.90 Å². The van der Waals surface area contributed by atoms with E-state index in [2.05, 4.69) is 17.3 Å². The standard InChI is InChI=1S/C12H20N4O2S/c1-10-3-2-7-16(8-5-10)19(17,18)11-4-6-14-12(9-11)15-13/h4,6,9-10H,2-3,5,7-8,13H2,1H3,(H,14,15). The SMILES string of the molecule is CC1CCCN(S(=O)(=O)c2ccnc(NN)c2)CC1. The van der Waals surface area contributed by atoms with E-state index in [4.69, 9.17) is 5.84 Å². The Hall–Kier alpha value is -1.18. The van der Waals surface area contributed by atoms with Crippen LogP contribution in [0.2, 0.25) is 0 Å². The number of nitrogens with zero attached hydrogens (tertiary/aromatic N) is 2. The summed E-state index contributed by atoms with van der Waals surface area (Å²) in [4.78, 5) is 4.17. The summed E-state index contributed by atoms with van der Waals surface area (Å²) in [6.07, 6.45) is 4.35. The van der Waals surface area contributed by atoms with Gasteiger partial charge in [-0.3, -0.25) is 0 Å². The van der Waals surface area contributed by atoms with Crippen molar-refractivity contribution in [3.05, 3.63) is 18.3 Å². The molecule has 0 aliphatic carbocycles. The van der Waals surface area contributed by atoms with Gasteiger partial charge in [0.25, 0.3) is 0 Å². The fraction of sp³-hybridized carbons (Fsp3) is 0.583. The van der Waals surface area contributed by atoms with E-state index in [0.717, 1.165) is 19.3 Å². The Kier molecular flexibility index (Phi) is 4.38. The lowest BCUT2D eigenvalue weighted by Gasteiger charge is -2.20. The van der Waals surface area contributed by atoms with Gasteiger partial charge in [0.15, 0.2) is 0 Å². The predicted molar refractivity (Wildman–Crippen MR) is 73.8 cm³/mol. The molecule has 6 nitrogen and oxygen atoms in total. The Morgan fingerprint density at radius 1 is 1.42 bits per heavy atom. The molecule has 2 heterocycles. The van der Waals surface area contributed by atoms with Crippen molar-refractivity contribution >= 4 is 15.8 Å². The first-order valence-electron chi connectivity index (χ1n) is 6.47. The van der Waals surface area contributed by atoms with Crippen molar-refractivity contribution in [1.82, 2.24) is 9.29 Å². The van der Waals surface area contributed by atoms with Crippen LogP contribution in [-0.2, 0) is 10.0 Å². The van der Waals surface area contributed by atoms with Crippen LogP contribution in [-0.4, -0.2) is 30.8 Å². The maximum Gasteiger partial charge on any atom is 0.243 e. The molecule has 0 amide bonds. The van der Waals surface area contributed by atoms with Gasteiger partial charge in [-0.2, -0.15) is 4.31 Å². The van der Waals surface area contributed by atoms with Crippen LogP contribution in [0, 0.1) is 5.92 Å². The Morgan fingerprint density at radius 2 is 2.21 bits per heavy atom. The number of rotatable bonds is 3. The minimum atomic E-state index is -3.44. The fourth-order valence-corrected chi connectivity index (χ4v) is 3.78.